The minimum atomic E-state index is 0.0362. The first kappa shape index (κ1) is 16.2. The van der Waals surface area contributed by atoms with Crippen molar-refractivity contribution in [3.8, 4) is 0 Å². The Morgan fingerprint density at radius 2 is 1.83 bits per heavy atom. The highest BCUT2D eigenvalue weighted by Gasteiger charge is 2.28. The highest BCUT2D eigenvalue weighted by atomic mass is 16.1. The molecule has 0 bridgehead atoms. The van der Waals surface area contributed by atoms with Crippen molar-refractivity contribution in [2.75, 3.05) is 28.2 Å². The molecule has 0 aliphatic heterocycles. The fraction of sp³-hybridized carbons (Fsp3) is 0.316. The summed E-state index contributed by atoms with van der Waals surface area (Å²) in [6.07, 6.45) is 5.11. The second kappa shape index (κ2) is 6.43. The monoisotopic (exact) mass is 322 g/mol. The Bertz CT molecular complexity index is 850. The smallest absolute Gasteiger partial charge is 0.194 e. The summed E-state index contributed by atoms with van der Waals surface area (Å²) in [4.78, 5) is 26.1. The van der Waals surface area contributed by atoms with Gasteiger partial charge in [-0.15, -0.1) is 0 Å². The first-order chi connectivity index (χ1) is 11.5. The Labute approximate surface area is 142 Å². The van der Waals surface area contributed by atoms with Crippen molar-refractivity contribution in [1.29, 1.82) is 0 Å². The van der Waals surface area contributed by atoms with Crippen molar-refractivity contribution in [2.24, 2.45) is 4.99 Å². The first-order valence-electron chi connectivity index (χ1n) is 8.01. The lowest BCUT2D eigenvalue weighted by Gasteiger charge is -2.21. The number of hydrogen-bond donors (Lipinski definition) is 0. The Hall–Kier alpha value is -2.69. The number of carbonyl (C=O) groups is 1. The van der Waals surface area contributed by atoms with Crippen LogP contribution in [0.1, 0.15) is 22.5 Å². The van der Waals surface area contributed by atoms with E-state index in [9.17, 15) is 4.79 Å². The summed E-state index contributed by atoms with van der Waals surface area (Å²) in [6, 6.07) is 7.86. The maximum Gasteiger partial charge on any atom is 0.194 e. The molecule has 1 aromatic carbocycles. The van der Waals surface area contributed by atoms with Crippen molar-refractivity contribution >= 4 is 28.7 Å². The third kappa shape index (κ3) is 3.02. The van der Waals surface area contributed by atoms with Gasteiger partial charge in [0, 0.05) is 45.3 Å². The molecule has 1 aliphatic carbocycles. The molecule has 124 valence electrons. The molecular formula is C19H22N4O. The molecule has 0 unspecified atom stereocenters. The van der Waals surface area contributed by atoms with E-state index in [0.717, 1.165) is 34.3 Å². The highest BCUT2D eigenvalue weighted by molar-refractivity contribution is 6.17. The van der Waals surface area contributed by atoms with Crippen LogP contribution in [0.5, 0.6) is 0 Å². The quantitative estimate of drug-likeness (QED) is 0.495. The summed E-state index contributed by atoms with van der Waals surface area (Å²) in [5, 5.41) is 0.911. The minimum Gasteiger partial charge on any atom is -0.383 e. The van der Waals surface area contributed by atoms with Crippen LogP contribution in [-0.4, -0.2) is 55.1 Å². The van der Waals surface area contributed by atoms with E-state index in [1.54, 1.807) is 6.34 Å². The fourth-order valence-electron chi connectivity index (χ4n) is 2.93. The summed E-state index contributed by atoms with van der Waals surface area (Å²) in [5.74, 6) is 0.0362. The van der Waals surface area contributed by atoms with Crippen LogP contribution in [0.4, 0.5) is 5.69 Å². The number of ketones is 1. The summed E-state index contributed by atoms with van der Waals surface area (Å²) >= 11 is 0. The van der Waals surface area contributed by atoms with Crippen molar-refractivity contribution in [2.45, 2.75) is 12.8 Å². The minimum absolute atomic E-state index is 0.0362. The predicted molar refractivity (Wildman–Crippen MR) is 98.0 cm³/mol. The van der Waals surface area contributed by atoms with Gasteiger partial charge in [0.2, 0.25) is 0 Å². The summed E-state index contributed by atoms with van der Waals surface area (Å²) in [5.41, 5.74) is 3.91. The number of allylic oxidation sites excluding steroid dienone is 1. The zero-order chi connectivity index (χ0) is 17.3. The molecule has 2 aromatic rings. The lowest BCUT2D eigenvalue weighted by Crippen LogP contribution is -2.19. The van der Waals surface area contributed by atoms with Crippen LogP contribution in [0, 0.1) is 0 Å². The molecular weight excluding hydrogens is 300 g/mol. The molecule has 5 nitrogen and oxygen atoms in total. The number of carbonyl (C=O) groups excluding carboxylic acids is 1. The lowest BCUT2D eigenvalue weighted by atomic mass is 9.88. The molecule has 5 heteroatoms. The Morgan fingerprint density at radius 1 is 1.08 bits per heavy atom. The molecule has 0 saturated heterocycles. The molecule has 0 saturated carbocycles. The number of aliphatic imine (C=N–C) groups is 1. The number of nitrogens with zero attached hydrogens (tertiary/aromatic N) is 4. The first-order valence-corrected chi connectivity index (χ1v) is 8.01. The van der Waals surface area contributed by atoms with Crippen LogP contribution in [0.3, 0.4) is 0 Å². The van der Waals surface area contributed by atoms with Gasteiger partial charge in [0.15, 0.2) is 5.78 Å². The number of hydrogen-bond acceptors (Lipinski definition) is 4. The van der Waals surface area contributed by atoms with E-state index < -0.39 is 0 Å². The van der Waals surface area contributed by atoms with Gasteiger partial charge >= 0.3 is 0 Å². The topological polar surface area (TPSA) is 48.8 Å². The SMILES string of the molecule is CN(C)C=Nc1c2c(nc3ccccc13)CCC(=CN(C)C)C2=O. The number of aryl methyl sites for hydroxylation is 1. The van der Waals surface area contributed by atoms with Crippen LogP contribution in [0.2, 0.25) is 0 Å². The molecule has 0 amide bonds. The summed E-state index contributed by atoms with van der Waals surface area (Å²) < 4.78 is 0. The molecule has 1 aliphatic rings. The number of Topliss-reactive ketones (excluding diaryl/α,β-unsaturated/α-hetero) is 1. The summed E-state index contributed by atoms with van der Waals surface area (Å²) in [6.45, 7) is 0. The maximum atomic E-state index is 13.0. The average Bonchev–Trinajstić information content (AvgIpc) is 2.54. The predicted octanol–water partition coefficient (Wildman–Crippen LogP) is 3.03. The van der Waals surface area contributed by atoms with Gasteiger partial charge in [-0.1, -0.05) is 18.2 Å². The molecule has 0 atom stereocenters. The molecule has 1 aromatic heterocycles. The largest absolute Gasteiger partial charge is 0.383 e. The van der Waals surface area contributed by atoms with Gasteiger partial charge in [0.05, 0.1) is 28.8 Å². The molecule has 0 radical (unpaired) electrons. The maximum absolute atomic E-state index is 13.0. The van der Waals surface area contributed by atoms with Crippen LogP contribution < -0.4 is 0 Å². The highest BCUT2D eigenvalue weighted by Crippen LogP contribution is 2.36. The van der Waals surface area contributed by atoms with E-state index in [1.165, 1.54) is 0 Å². The molecule has 0 N–H and O–H groups in total. The fourth-order valence-corrected chi connectivity index (χ4v) is 2.93. The van der Waals surface area contributed by atoms with E-state index in [2.05, 4.69) is 4.99 Å². The Morgan fingerprint density at radius 3 is 2.54 bits per heavy atom. The van der Waals surface area contributed by atoms with Gasteiger partial charge in [-0.25, -0.2) is 4.99 Å². The third-order valence-electron chi connectivity index (χ3n) is 3.92. The van der Waals surface area contributed by atoms with Gasteiger partial charge in [0.25, 0.3) is 0 Å². The van der Waals surface area contributed by atoms with Crippen LogP contribution in [0.25, 0.3) is 10.9 Å². The lowest BCUT2D eigenvalue weighted by molar-refractivity contribution is 0.102. The number of pyridine rings is 1. The van der Waals surface area contributed by atoms with Crippen LogP contribution in [-0.2, 0) is 6.42 Å². The zero-order valence-electron chi connectivity index (χ0n) is 14.6. The normalized spacial score (nSPS) is 16.0. The molecule has 1 heterocycles. The number of fused-ring (bicyclic) bond motifs is 2. The van der Waals surface area contributed by atoms with Gasteiger partial charge in [-0.05, 0) is 18.9 Å². The van der Waals surface area contributed by atoms with Crippen molar-refractivity contribution in [3.05, 3.63) is 47.3 Å². The second-order valence-corrected chi connectivity index (χ2v) is 6.45. The van der Waals surface area contributed by atoms with E-state index >= 15 is 0 Å². The van der Waals surface area contributed by atoms with E-state index in [0.29, 0.717) is 12.0 Å². The second-order valence-electron chi connectivity index (χ2n) is 6.45. The van der Waals surface area contributed by atoms with Crippen LogP contribution in [0.15, 0.2) is 41.0 Å². The number of para-hydroxylation sites is 1. The Balaban J connectivity index is 2.26. The number of aromatic nitrogens is 1. The molecule has 3 rings (SSSR count). The van der Waals surface area contributed by atoms with Crippen molar-refractivity contribution in [1.82, 2.24) is 14.8 Å². The standard InChI is InChI=1S/C19H22N4O/c1-22(2)11-13-9-10-16-17(19(13)24)18(20-12-23(3)4)14-7-5-6-8-15(14)21-16/h5-8,11-12H,9-10H2,1-4H3. The van der Waals surface area contributed by atoms with Gasteiger partial charge in [-0.3, -0.25) is 9.78 Å². The van der Waals surface area contributed by atoms with E-state index in [1.807, 2.05) is 68.5 Å². The molecule has 0 fully saturated rings. The van der Waals surface area contributed by atoms with Crippen LogP contribution >= 0.6 is 0 Å². The number of benzene rings is 1. The molecule has 0 spiro atoms. The van der Waals surface area contributed by atoms with E-state index in [-0.39, 0.29) is 5.78 Å². The van der Waals surface area contributed by atoms with Gasteiger partial charge in [-0.2, -0.15) is 0 Å². The van der Waals surface area contributed by atoms with Gasteiger partial charge < -0.3 is 9.80 Å². The van der Waals surface area contributed by atoms with Crippen molar-refractivity contribution < 1.29 is 4.79 Å². The molecule has 24 heavy (non-hydrogen) atoms. The average molecular weight is 322 g/mol. The summed E-state index contributed by atoms with van der Waals surface area (Å²) in [7, 11) is 7.69. The van der Waals surface area contributed by atoms with Crippen molar-refractivity contribution in [3.63, 3.8) is 0 Å². The third-order valence-corrected chi connectivity index (χ3v) is 3.92. The number of rotatable bonds is 3. The Kier molecular flexibility index (Phi) is 4.34. The zero-order valence-corrected chi connectivity index (χ0v) is 14.6. The van der Waals surface area contributed by atoms with Gasteiger partial charge in [0.1, 0.15) is 0 Å². The van der Waals surface area contributed by atoms with E-state index in [4.69, 9.17) is 4.98 Å².